The van der Waals surface area contributed by atoms with E-state index in [2.05, 4.69) is 5.10 Å². The Labute approximate surface area is 104 Å². The van der Waals surface area contributed by atoms with Gasteiger partial charge in [-0.15, -0.1) is 0 Å². The standard InChI is InChI=1S/C13H11N3O2/c1-15-7-10(6-14-15)12(17)16-8-9-4-2-3-5-11(9)13(16)18/h2-7H,8H2,1H3. The van der Waals surface area contributed by atoms with Crippen LogP contribution in [0.15, 0.2) is 36.7 Å². The predicted octanol–water partition coefficient (Wildman–Crippen LogP) is 1.22. The van der Waals surface area contributed by atoms with Crippen LogP contribution in [0.4, 0.5) is 0 Å². The van der Waals surface area contributed by atoms with Gasteiger partial charge in [0, 0.05) is 18.8 Å². The van der Waals surface area contributed by atoms with E-state index in [4.69, 9.17) is 0 Å². The topological polar surface area (TPSA) is 55.2 Å². The second-order valence-corrected chi connectivity index (χ2v) is 4.26. The number of nitrogens with zero attached hydrogens (tertiary/aromatic N) is 3. The third-order valence-electron chi connectivity index (χ3n) is 3.02. The van der Waals surface area contributed by atoms with Crippen LogP contribution in [0.1, 0.15) is 26.3 Å². The molecule has 2 heterocycles. The average molecular weight is 241 g/mol. The van der Waals surface area contributed by atoms with Crippen LogP contribution in [0.25, 0.3) is 0 Å². The first-order chi connectivity index (χ1) is 8.66. The third kappa shape index (κ3) is 1.52. The van der Waals surface area contributed by atoms with Gasteiger partial charge in [-0.1, -0.05) is 18.2 Å². The van der Waals surface area contributed by atoms with E-state index in [9.17, 15) is 9.59 Å². The van der Waals surface area contributed by atoms with Gasteiger partial charge in [0.2, 0.25) is 0 Å². The van der Waals surface area contributed by atoms with E-state index in [1.165, 1.54) is 11.1 Å². The Balaban J connectivity index is 1.93. The fourth-order valence-electron chi connectivity index (χ4n) is 2.11. The number of imide groups is 1. The summed E-state index contributed by atoms with van der Waals surface area (Å²) in [5.74, 6) is -0.538. The molecule has 5 heteroatoms. The summed E-state index contributed by atoms with van der Waals surface area (Å²) in [6.07, 6.45) is 3.08. The number of aryl methyl sites for hydroxylation is 1. The molecule has 1 aliphatic heterocycles. The quantitative estimate of drug-likeness (QED) is 0.705. The van der Waals surface area contributed by atoms with Gasteiger partial charge in [0.1, 0.15) is 0 Å². The summed E-state index contributed by atoms with van der Waals surface area (Å²) in [4.78, 5) is 25.5. The fourth-order valence-corrected chi connectivity index (χ4v) is 2.11. The lowest BCUT2D eigenvalue weighted by Crippen LogP contribution is -2.30. The first kappa shape index (κ1) is 10.7. The number of amides is 2. The fraction of sp³-hybridized carbons (Fsp3) is 0.154. The normalized spacial score (nSPS) is 13.8. The first-order valence-corrected chi connectivity index (χ1v) is 5.59. The summed E-state index contributed by atoms with van der Waals surface area (Å²) >= 11 is 0. The monoisotopic (exact) mass is 241 g/mol. The van der Waals surface area contributed by atoms with Crippen molar-refractivity contribution in [2.24, 2.45) is 7.05 Å². The molecular weight excluding hydrogens is 230 g/mol. The number of benzene rings is 1. The summed E-state index contributed by atoms with van der Waals surface area (Å²) in [7, 11) is 1.73. The minimum atomic E-state index is -0.302. The van der Waals surface area contributed by atoms with E-state index < -0.39 is 0 Å². The molecule has 0 atom stereocenters. The van der Waals surface area contributed by atoms with Gasteiger partial charge in [-0.3, -0.25) is 19.2 Å². The lowest BCUT2D eigenvalue weighted by molar-refractivity contribution is 0.0631. The third-order valence-corrected chi connectivity index (χ3v) is 3.02. The lowest BCUT2D eigenvalue weighted by atomic mass is 10.1. The Hall–Kier alpha value is -2.43. The number of hydrogen-bond donors (Lipinski definition) is 0. The van der Waals surface area contributed by atoms with Gasteiger partial charge in [0.25, 0.3) is 11.8 Å². The molecule has 1 aromatic carbocycles. The SMILES string of the molecule is Cn1cc(C(=O)N2Cc3ccccc3C2=O)cn1. The largest absolute Gasteiger partial charge is 0.275 e. The second kappa shape index (κ2) is 3.80. The van der Waals surface area contributed by atoms with E-state index >= 15 is 0 Å². The molecule has 1 aromatic heterocycles. The average Bonchev–Trinajstić information content (AvgIpc) is 2.94. The molecule has 0 fully saturated rings. The zero-order valence-electron chi connectivity index (χ0n) is 9.83. The number of hydrogen-bond acceptors (Lipinski definition) is 3. The van der Waals surface area contributed by atoms with Gasteiger partial charge in [0.05, 0.1) is 18.3 Å². The molecule has 18 heavy (non-hydrogen) atoms. The van der Waals surface area contributed by atoms with Crippen LogP contribution in [0.2, 0.25) is 0 Å². The Bertz CT molecular complexity index is 645. The molecule has 0 bridgehead atoms. The molecule has 1 aliphatic rings. The summed E-state index contributed by atoms with van der Waals surface area (Å²) < 4.78 is 1.54. The van der Waals surface area contributed by atoms with Crippen molar-refractivity contribution in [2.75, 3.05) is 0 Å². The molecule has 90 valence electrons. The molecule has 0 unspecified atom stereocenters. The van der Waals surface area contributed by atoms with Crippen LogP contribution < -0.4 is 0 Å². The summed E-state index contributed by atoms with van der Waals surface area (Å²) in [6, 6.07) is 7.27. The van der Waals surface area contributed by atoms with Crippen LogP contribution in [-0.2, 0) is 13.6 Å². The Morgan fingerprint density at radius 2 is 2.11 bits per heavy atom. The van der Waals surface area contributed by atoms with Crippen LogP contribution in [0.5, 0.6) is 0 Å². The first-order valence-electron chi connectivity index (χ1n) is 5.59. The number of aromatic nitrogens is 2. The zero-order chi connectivity index (χ0) is 12.7. The highest BCUT2D eigenvalue weighted by Gasteiger charge is 2.32. The van der Waals surface area contributed by atoms with E-state index in [0.717, 1.165) is 5.56 Å². The Morgan fingerprint density at radius 1 is 1.33 bits per heavy atom. The maximum absolute atomic E-state index is 12.2. The Kier molecular flexibility index (Phi) is 2.26. The summed E-state index contributed by atoms with van der Waals surface area (Å²) in [5, 5.41) is 3.94. The van der Waals surface area contributed by atoms with Crippen molar-refractivity contribution < 1.29 is 9.59 Å². The maximum Gasteiger partial charge on any atom is 0.264 e. The number of rotatable bonds is 1. The van der Waals surface area contributed by atoms with E-state index in [1.807, 2.05) is 12.1 Å². The van der Waals surface area contributed by atoms with Crippen molar-refractivity contribution >= 4 is 11.8 Å². The van der Waals surface area contributed by atoms with Crippen LogP contribution in [0, 0.1) is 0 Å². The van der Waals surface area contributed by atoms with E-state index in [1.54, 1.807) is 30.1 Å². The van der Waals surface area contributed by atoms with Gasteiger partial charge < -0.3 is 0 Å². The Morgan fingerprint density at radius 3 is 2.78 bits per heavy atom. The van der Waals surface area contributed by atoms with Crippen molar-refractivity contribution in [1.82, 2.24) is 14.7 Å². The molecule has 0 saturated carbocycles. The highest BCUT2D eigenvalue weighted by atomic mass is 16.2. The molecule has 0 saturated heterocycles. The van der Waals surface area contributed by atoms with E-state index in [0.29, 0.717) is 17.7 Å². The van der Waals surface area contributed by atoms with Gasteiger partial charge >= 0.3 is 0 Å². The van der Waals surface area contributed by atoms with Gasteiger partial charge in [0.15, 0.2) is 0 Å². The molecule has 5 nitrogen and oxygen atoms in total. The summed E-state index contributed by atoms with van der Waals surface area (Å²) in [6.45, 7) is 0.336. The molecule has 2 aromatic rings. The van der Waals surface area contributed by atoms with Crippen molar-refractivity contribution in [3.8, 4) is 0 Å². The minimum Gasteiger partial charge on any atom is -0.275 e. The minimum absolute atomic E-state index is 0.237. The molecule has 0 radical (unpaired) electrons. The molecule has 0 spiro atoms. The molecule has 3 rings (SSSR count). The van der Waals surface area contributed by atoms with Gasteiger partial charge in [-0.25, -0.2) is 0 Å². The van der Waals surface area contributed by atoms with Gasteiger partial charge in [-0.2, -0.15) is 5.10 Å². The van der Waals surface area contributed by atoms with Crippen LogP contribution in [-0.4, -0.2) is 26.5 Å². The predicted molar refractivity (Wildman–Crippen MR) is 63.9 cm³/mol. The lowest BCUT2D eigenvalue weighted by Gasteiger charge is -2.11. The highest BCUT2D eigenvalue weighted by Crippen LogP contribution is 2.23. The van der Waals surface area contributed by atoms with E-state index in [-0.39, 0.29) is 11.8 Å². The van der Waals surface area contributed by atoms with Crippen LogP contribution >= 0.6 is 0 Å². The van der Waals surface area contributed by atoms with Crippen molar-refractivity contribution in [1.29, 1.82) is 0 Å². The molecule has 0 aliphatic carbocycles. The molecule has 0 N–H and O–H groups in total. The summed E-state index contributed by atoms with van der Waals surface area (Å²) in [5.41, 5.74) is 1.92. The van der Waals surface area contributed by atoms with Crippen molar-refractivity contribution in [3.05, 3.63) is 53.3 Å². The second-order valence-electron chi connectivity index (χ2n) is 4.26. The van der Waals surface area contributed by atoms with Crippen molar-refractivity contribution in [2.45, 2.75) is 6.54 Å². The van der Waals surface area contributed by atoms with Crippen molar-refractivity contribution in [3.63, 3.8) is 0 Å². The number of carbonyl (C=O) groups excluding carboxylic acids is 2. The number of carbonyl (C=O) groups is 2. The highest BCUT2D eigenvalue weighted by molar-refractivity contribution is 6.12. The maximum atomic E-state index is 12.2. The zero-order valence-corrected chi connectivity index (χ0v) is 9.83. The molecular formula is C13H11N3O2. The smallest absolute Gasteiger partial charge is 0.264 e. The van der Waals surface area contributed by atoms with Gasteiger partial charge in [-0.05, 0) is 11.6 Å². The van der Waals surface area contributed by atoms with Crippen LogP contribution in [0.3, 0.4) is 0 Å². The molecule has 2 amide bonds. The number of fused-ring (bicyclic) bond motifs is 1.